The van der Waals surface area contributed by atoms with Gasteiger partial charge in [0, 0.05) is 27.8 Å². The van der Waals surface area contributed by atoms with Crippen LogP contribution in [0.4, 0.5) is 17.1 Å². The summed E-state index contributed by atoms with van der Waals surface area (Å²) in [7, 11) is 0. The lowest BCUT2D eigenvalue weighted by molar-refractivity contribution is 0.748. The van der Waals surface area contributed by atoms with Crippen molar-refractivity contribution in [2.45, 2.75) is 24.7 Å². The summed E-state index contributed by atoms with van der Waals surface area (Å²) < 4.78 is 2.57. The van der Waals surface area contributed by atoms with Crippen molar-refractivity contribution in [3.05, 3.63) is 323 Å². The lowest BCUT2D eigenvalue weighted by atomic mass is 9.65. The number of hydrogen-bond acceptors (Lipinski definition) is 1. The first-order valence-corrected chi connectivity index (χ1v) is 27.4. The van der Waals surface area contributed by atoms with Gasteiger partial charge < -0.3 is 9.47 Å². The van der Waals surface area contributed by atoms with Crippen LogP contribution in [0.3, 0.4) is 0 Å². The molecule has 1 aromatic heterocycles. The lowest BCUT2D eigenvalue weighted by Gasteiger charge is -2.40. The minimum atomic E-state index is -0.534. The fourth-order valence-corrected chi connectivity index (χ4v) is 15.0. The third kappa shape index (κ3) is 5.61. The van der Waals surface area contributed by atoms with Gasteiger partial charge in [-0.15, -0.1) is 0 Å². The fourth-order valence-electron chi connectivity index (χ4n) is 15.0. The highest BCUT2D eigenvalue weighted by Crippen LogP contribution is 2.64. The highest BCUT2D eigenvalue weighted by molar-refractivity contribution is 6.13. The molecular formula is C76H50N2. The van der Waals surface area contributed by atoms with Crippen molar-refractivity contribution in [3.63, 3.8) is 0 Å². The zero-order chi connectivity index (χ0) is 51.4. The highest BCUT2D eigenvalue weighted by Gasteiger charge is 2.53. The van der Waals surface area contributed by atoms with Crippen molar-refractivity contribution in [3.8, 4) is 61.3 Å². The van der Waals surface area contributed by atoms with E-state index in [0.717, 1.165) is 17.1 Å². The van der Waals surface area contributed by atoms with Crippen LogP contribution in [0.1, 0.15) is 55.6 Å². The van der Waals surface area contributed by atoms with Crippen LogP contribution in [0.5, 0.6) is 0 Å². The van der Waals surface area contributed by atoms with Crippen molar-refractivity contribution in [1.82, 2.24) is 4.57 Å². The smallest absolute Gasteiger partial charge is 0.0754 e. The summed E-state index contributed by atoms with van der Waals surface area (Å²) >= 11 is 0. The quantitative estimate of drug-likeness (QED) is 0.167. The summed E-state index contributed by atoms with van der Waals surface area (Å²) in [6.07, 6.45) is 0. The maximum absolute atomic E-state index is 2.57. The molecule has 0 saturated heterocycles. The largest absolute Gasteiger partial charge is 0.310 e. The molecule has 0 bridgehead atoms. The van der Waals surface area contributed by atoms with E-state index in [1.807, 2.05) is 0 Å². The molecule has 17 rings (SSSR count). The van der Waals surface area contributed by atoms with Crippen LogP contribution in [0.2, 0.25) is 0 Å². The first-order chi connectivity index (χ1) is 38.5. The molecule has 0 saturated carbocycles. The van der Waals surface area contributed by atoms with Crippen molar-refractivity contribution in [1.29, 1.82) is 0 Å². The minimum absolute atomic E-state index is 0.461. The zero-order valence-corrected chi connectivity index (χ0v) is 43.3. The van der Waals surface area contributed by atoms with Crippen LogP contribution in [-0.2, 0) is 10.8 Å². The van der Waals surface area contributed by atoms with Gasteiger partial charge in [-0.1, -0.05) is 211 Å². The van der Waals surface area contributed by atoms with Crippen molar-refractivity contribution < 1.29 is 0 Å². The Morgan fingerprint density at radius 1 is 0.282 bits per heavy atom. The molecule has 2 nitrogen and oxygen atoms in total. The summed E-state index contributed by atoms with van der Waals surface area (Å²) in [6.45, 7) is 4.49. The van der Waals surface area contributed by atoms with Crippen molar-refractivity contribution >= 4 is 38.9 Å². The molecule has 1 aliphatic heterocycles. The molecule has 12 aromatic carbocycles. The van der Waals surface area contributed by atoms with Gasteiger partial charge in [-0.2, -0.15) is 0 Å². The van der Waals surface area contributed by atoms with Gasteiger partial charge in [-0.05, 0) is 181 Å². The van der Waals surface area contributed by atoms with Crippen LogP contribution in [0, 0.1) is 13.8 Å². The van der Waals surface area contributed by atoms with E-state index >= 15 is 0 Å². The standard InChI is InChI=1S/C76H50N2/c1-47-31-39-72-62(41-47)63-42-48(2)43-71-74(63)78(72)73-40-34-52(45-70(73)76(71)67-29-14-8-23-58(67)59-24-9-15-30-68(59)76)50-32-35-53(36-33-50)77(54-20-16-19-51(44-54)49-17-4-3-5-18-49)55-37-38-61-60-25-10-13-28-66(60)75(69(61)46-55)64-26-11-6-21-56(64)57-22-7-12-27-65(57)75/h3-46H,1-2H3. The van der Waals surface area contributed by atoms with Gasteiger partial charge >= 0.3 is 0 Å². The molecule has 0 atom stereocenters. The third-order valence-corrected chi connectivity index (χ3v) is 18.1. The van der Waals surface area contributed by atoms with Gasteiger partial charge in [-0.25, -0.2) is 0 Å². The Kier molecular flexibility index (Phi) is 8.86. The number of fused-ring (bicyclic) bond motifs is 22. The average molecular weight is 991 g/mol. The zero-order valence-electron chi connectivity index (χ0n) is 43.3. The van der Waals surface area contributed by atoms with Crippen molar-refractivity contribution in [2.24, 2.45) is 0 Å². The number of anilines is 3. The third-order valence-electron chi connectivity index (χ3n) is 18.1. The van der Waals surface area contributed by atoms with E-state index < -0.39 is 10.8 Å². The number of nitrogens with zero attached hydrogens (tertiary/aromatic N) is 2. The Morgan fingerprint density at radius 2 is 0.756 bits per heavy atom. The summed E-state index contributed by atoms with van der Waals surface area (Å²) in [5, 5.41) is 2.62. The lowest BCUT2D eigenvalue weighted by Crippen LogP contribution is -2.33. The Hall–Kier alpha value is -9.76. The Labute approximate surface area is 454 Å². The molecule has 2 spiro atoms. The van der Waals surface area contributed by atoms with Gasteiger partial charge in [-0.3, -0.25) is 0 Å². The summed E-state index contributed by atoms with van der Waals surface area (Å²) in [6, 6.07) is 101. The molecule has 78 heavy (non-hydrogen) atoms. The number of hydrogen-bond donors (Lipinski definition) is 0. The normalized spacial score (nSPS) is 14.0. The molecule has 364 valence electrons. The van der Waals surface area contributed by atoms with Crippen LogP contribution in [0.15, 0.2) is 267 Å². The molecule has 0 unspecified atom stereocenters. The van der Waals surface area contributed by atoms with Crippen LogP contribution < -0.4 is 4.90 Å². The first-order valence-electron chi connectivity index (χ1n) is 27.4. The van der Waals surface area contributed by atoms with Crippen LogP contribution in [-0.4, -0.2) is 4.57 Å². The highest BCUT2D eigenvalue weighted by atomic mass is 15.1. The van der Waals surface area contributed by atoms with E-state index in [1.165, 1.54) is 139 Å². The molecular weight excluding hydrogens is 941 g/mol. The Bertz CT molecular complexity index is 4600. The van der Waals surface area contributed by atoms with Gasteiger partial charge in [0.2, 0.25) is 0 Å². The molecule has 0 amide bonds. The fraction of sp³-hybridized carbons (Fsp3) is 0.0526. The van der Waals surface area contributed by atoms with E-state index in [1.54, 1.807) is 0 Å². The van der Waals surface area contributed by atoms with Crippen LogP contribution in [0.25, 0.3) is 83.1 Å². The topological polar surface area (TPSA) is 8.17 Å². The van der Waals surface area contributed by atoms with Gasteiger partial charge in [0.15, 0.2) is 0 Å². The SMILES string of the molecule is Cc1ccc2c(c1)c1cc(C)cc3c1n2-c1ccc(-c2ccc(N(c4cccc(-c5ccccc5)c4)c4ccc5c(c4)C4(c6ccccc6-c6ccccc64)c4ccccc4-5)cc2)cc1C31c2ccccc2-c2ccccc21. The second kappa shape index (κ2) is 15.9. The minimum Gasteiger partial charge on any atom is -0.310 e. The predicted octanol–water partition coefficient (Wildman–Crippen LogP) is 19.2. The second-order valence-electron chi connectivity index (χ2n) is 22.1. The number of aryl methyl sites for hydroxylation is 2. The van der Waals surface area contributed by atoms with Crippen molar-refractivity contribution in [2.75, 3.05) is 4.90 Å². The molecule has 0 N–H and O–H groups in total. The van der Waals surface area contributed by atoms with Gasteiger partial charge in [0.05, 0.1) is 27.6 Å². The van der Waals surface area contributed by atoms with E-state index in [9.17, 15) is 0 Å². The first kappa shape index (κ1) is 43.5. The molecule has 13 aromatic rings. The predicted molar refractivity (Wildman–Crippen MR) is 323 cm³/mol. The summed E-state index contributed by atoms with van der Waals surface area (Å²) in [5.74, 6) is 0. The summed E-state index contributed by atoms with van der Waals surface area (Å²) in [4.78, 5) is 2.47. The number of benzene rings is 12. The second-order valence-corrected chi connectivity index (χ2v) is 22.1. The van der Waals surface area contributed by atoms with Gasteiger partial charge in [0.25, 0.3) is 0 Å². The van der Waals surface area contributed by atoms with E-state index in [-0.39, 0.29) is 0 Å². The maximum Gasteiger partial charge on any atom is 0.0754 e. The number of aromatic nitrogens is 1. The molecule has 2 heterocycles. The Balaban J connectivity index is 0.868. The van der Waals surface area contributed by atoms with E-state index in [2.05, 4.69) is 290 Å². The average Bonchev–Trinajstić information content (AvgIpc) is 2.55. The van der Waals surface area contributed by atoms with E-state index in [4.69, 9.17) is 0 Å². The molecule has 3 aliphatic carbocycles. The molecule has 4 aliphatic rings. The molecule has 0 radical (unpaired) electrons. The summed E-state index contributed by atoms with van der Waals surface area (Å²) in [5.41, 5.74) is 31.9. The Morgan fingerprint density at radius 3 is 1.37 bits per heavy atom. The molecule has 0 fully saturated rings. The van der Waals surface area contributed by atoms with Crippen LogP contribution >= 0.6 is 0 Å². The molecule has 2 heteroatoms. The maximum atomic E-state index is 2.57. The van der Waals surface area contributed by atoms with E-state index in [0.29, 0.717) is 0 Å². The number of rotatable bonds is 5. The van der Waals surface area contributed by atoms with Gasteiger partial charge in [0.1, 0.15) is 0 Å². The monoisotopic (exact) mass is 990 g/mol.